The van der Waals surface area contributed by atoms with Crippen LogP contribution in [0.4, 0.5) is 0 Å². The second kappa shape index (κ2) is 3.43. The molecular formula is C10H10N4OS. The van der Waals surface area contributed by atoms with Gasteiger partial charge in [0.25, 0.3) is 0 Å². The summed E-state index contributed by atoms with van der Waals surface area (Å²) in [5.74, 6) is 0.778. The third-order valence-electron chi connectivity index (χ3n) is 2.52. The van der Waals surface area contributed by atoms with Crippen LogP contribution in [0.5, 0.6) is 0 Å². The van der Waals surface area contributed by atoms with E-state index in [9.17, 15) is 0 Å². The summed E-state index contributed by atoms with van der Waals surface area (Å²) < 4.78 is 7.03. The topological polar surface area (TPSA) is 69.3 Å². The molecule has 0 radical (unpaired) electrons. The number of rotatable bonds is 2. The molecule has 3 aromatic heterocycles. The molecule has 3 heterocycles. The van der Waals surface area contributed by atoms with Crippen LogP contribution < -0.4 is 5.73 Å². The SMILES string of the molecule is Cc1oncc1-c1cn2c(CN)csc2n1. The normalized spacial score (nSPS) is 11.4. The number of aryl methyl sites for hydroxylation is 1. The molecule has 0 aromatic carbocycles. The molecule has 5 nitrogen and oxygen atoms in total. The molecule has 0 bridgehead atoms. The lowest BCUT2D eigenvalue weighted by Gasteiger charge is -1.91. The maximum atomic E-state index is 5.65. The second-order valence-electron chi connectivity index (χ2n) is 3.51. The van der Waals surface area contributed by atoms with E-state index in [0.717, 1.165) is 27.7 Å². The maximum absolute atomic E-state index is 5.65. The Morgan fingerprint density at radius 2 is 2.44 bits per heavy atom. The largest absolute Gasteiger partial charge is 0.361 e. The number of nitrogens with two attached hydrogens (primary N) is 1. The van der Waals surface area contributed by atoms with Crippen molar-refractivity contribution in [2.24, 2.45) is 5.73 Å². The highest BCUT2D eigenvalue weighted by Gasteiger charge is 2.12. The van der Waals surface area contributed by atoms with Crippen LogP contribution in [0.3, 0.4) is 0 Å². The third-order valence-corrected chi connectivity index (χ3v) is 3.41. The quantitative estimate of drug-likeness (QED) is 0.734. The highest BCUT2D eigenvalue weighted by Crippen LogP contribution is 2.25. The van der Waals surface area contributed by atoms with Gasteiger partial charge in [0.1, 0.15) is 5.76 Å². The zero-order chi connectivity index (χ0) is 11.1. The first-order valence-electron chi connectivity index (χ1n) is 4.87. The van der Waals surface area contributed by atoms with E-state index in [-0.39, 0.29) is 0 Å². The smallest absolute Gasteiger partial charge is 0.194 e. The zero-order valence-corrected chi connectivity index (χ0v) is 9.49. The van der Waals surface area contributed by atoms with Gasteiger partial charge in [0.05, 0.1) is 17.5 Å². The lowest BCUT2D eigenvalue weighted by atomic mass is 10.2. The molecule has 0 saturated heterocycles. The van der Waals surface area contributed by atoms with Gasteiger partial charge in [0.2, 0.25) is 0 Å². The monoisotopic (exact) mass is 234 g/mol. The van der Waals surface area contributed by atoms with Crippen LogP contribution in [-0.2, 0) is 6.54 Å². The van der Waals surface area contributed by atoms with Crippen molar-refractivity contribution in [1.82, 2.24) is 14.5 Å². The van der Waals surface area contributed by atoms with Crippen molar-refractivity contribution < 1.29 is 4.52 Å². The zero-order valence-electron chi connectivity index (χ0n) is 8.67. The number of hydrogen-bond acceptors (Lipinski definition) is 5. The van der Waals surface area contributed by atoms with Crippen molar-refractivity contribution >= 4 is 16.3 Å². The summed E-state index contributed by atoms with van der Waals surface area (Å²) in [4.78, 5) is 5.45. The van der Waals surface area contributed by atoms with Crippen LogP contribution in [0.25, 0.3) is 16.2 Å². The van der Waals surface area contributed by atoms with Crippen molar-refractivity contribution in [3.05, 3.63) is 29.2 Å². The Hall–Kier alpha value is -1.66. The van der Waals surface area contributed by atoms with E-state index in [2.05, 4.69) is 10.1 Å². The maximum Gasteiger partial charge on any atom is 0.194 e. The van der Waals surface area contributed by atoms with E-state index in [1.165, 1.54) is 0 Å². The molecule has 16 heavy (non-hydrogen) atoms. The summed E-state index contributed by atoms with van der Waals surface area (Å²) in [6, 6.07) is 0. The van der Waals surface area contributed by atoms with E-state index in [1.807, 2.05) is 22.9 Å². The van der Waals surface area contributed by atoms with E-state index in [0.29, 0.717) is 6.54 Å². The molecule has 0 amide bonds. The van der Waals surface area contributed by atoms with Crippen molar-refractivity contribution in [1.29, 1.82) is 0 Å². The van der Waals surface area contributed by atoms with Crippen LogP contribution in [0.15, 0.2) is 22.3 Å². The number of hydrogen-bond donors (Lipinski definition) is 1. The van der Waals surface area contributed by atoms with Gasteiger partial charge in [-0.2, -0.15) is 0 Å². The summed E-state index contributed by atoms with van der Waals surface area (Å²) >= 11 is 1.58. The van der Waals surface area contributed by atoms with E-state index >= 15 is 0 Å². The Morgan fingerprint density at radius 3 is 3.12 bits per heavy atom. The van der Waals surface area contributed by atoms with Gasteiger partial charge in [-0.1, -0.05) is 5.16 Å². The summed E-state index contributed by atoms with van der Waals surface area (Å²) in [5.41, 5.74) is 8.51. The van der Waals surface area contributed by atoms with Gasteiger partial charge in [-0.3, -0.25) is 4.40 Å². The van der Waals surface area contributed by atoms with Crippen LogP contribution in [0.2, 0.25) is 0 Å². The minimum atomic E-state index is 0.512. The first kappa shape index (κ1) is 9.56. The molecular weight excluding hydrogens is 224 g/mol. The molecule has 0 unspecified atom stereocenters. The fraction of sp³-hybridized carbons (Fsp3) is 0.200. The first-order valence-corrected chi connectivity index (χ1v) is 5.74. The summed E-state index contributed by atoms with van der Waals surface area (Å²) in [5, 5.41) is 5.77. The first-order chi connectivity index (χ1) is 7.79. The molecule has 2 N–H and O–H groups in total. The highest BCUT2D eigenvalue weighted by molar-refractivity contribution is 7.15. The Kier molecular flexibility index (Phi) is 2.05. The second-order valence-corrected chi connectivity index (χ2v) is 4.34. The Morgan fingerprint density at radius 1 is 1.56 bits per heavy atom. The third kappa shape index (κ3) is 1.27. The lowest BCUT2D eigenvalue weighted by Crippen LogP contribution is -1.98. The predicted molar refractivity (Wildman–Crippen MR) is 61.2 cm³/mol. The van der Waals surface area contributed by atoms with Gasteiger partial charge < -0.3 is 10.3 Å². The molecule has 0 fully saturated rings. The van der Waals surface area contributed by atoms with Crippen LogP contribution >= 0.6 is 11.3 Å². The van der Waals surface area contributed by atoms with Crippen molar-refractivity contribution in [2.45, 2.75) is 13.5 Å². The van der Waals surface area contributed by atoms with E-state index in [4.69, 9.17) is 10.3 Å². The molecule has 3 aromatic rings. The molecule has 82 valence electrons. The van der Waals surface area contributed by atoms with Gasteiger partial charge in [-0.05, 0) is 6.92 Å². The fourth-order valence-corrected chi connectivity index (χ4v) is 2.54. The standard InChI is InChI=1S/C10H10N4OS/c1-6-8(3-12-15-6)9-4-14-7(2-11)5-16-10(14)13-9/h3-5H,2,11H2,1H3. The molecule has 0 aliphatic heterocycles. The van der Waals surface area contributed by atoms with Gasteiger partial charge >= 0.3 is 0 Å². The van der Waals surface area contributed by atoms with Crippen molar-refractivity contribution in [3.8, 4) is 11.3 Å². The van der Waals surface area contributed by atoms with Crippen molar-refractivity contribution in [2.75, 3.05) is 0 Å². The number of fused-ring (bicyclic) bond motifs is 1. The van der Waals surface area contributed by atoms with Crippen LogP contribution in [0.1, 0.15) is 11.5 Å². The minimum absolute atomic E-state index is 0.512. The molecule has 0 aliphatic rings. The average molecular weight is 234 g/mol. The number of nitrogens with zero attached hydrogens (tertiary/aromatic N) is 3. The van der Waals surface area contributed by atoms with E-state index < -0.39 is 0 Å². The molecule has 3 rings (SSSR count). The van der Waals surface area contributed by atoms with Gasteiger partial charge in [0, 0.05) is 23.8 Å². The Balaban J connectivity index is 2.19. The molecule has 0 spiro atoms. The van der Waals surface area contributed by atoms with Gasteiger partial charge in [0.15, 0.2) is 4.96 Å². The fourth-order valence-electron chi connectivity index (χ4n) is 1.65. The lowest BCUT2D eigenvalue weighted by molar-refractivity contribution is 0.398. The van der Waals surface area contributed by atoms with Gasteiger partial charge in [-0.25, -0.2) is 4.98 Å². The Labute approximate surface area is 95.5 Å². The van der Waals surface area contributed by atoms with Crippen LogP contribution in [-0.4, -0.2) is 14.5 Å². The number of imidazole rings is 1. The van der Waals surface area contributed by atoms with Crippen molar-refractivity contribution in [3.63, 3.8) is 0 Å². The summed E-state index contributed by atoms with van der Waals surface area (Å²) in [6.45, 7) is 2.39. The molecule has 0 aliphatic carbocycles. The minimum Gasteiger partial charge on any atom is -0.361 e. The van der Waals surface area contributed by atoms with Crippen LogP contribution in [0, 0.1) is 6.92 Å². The molecule has 6 heteroatoms. The summed E-state index contributed by atoms with van der Waals surface area (Å²) in [7, 11) is 0. The molecule has 0 saturated carbocycles. The molecule has 0 atom stereocenters. The predicted octanol–water partition coefficient (Wildman–Crippen LogP) is 1.82. The highest BCUT2D eigenvalue weighted by atomic mass is 32.1. The summed E-state index contributed by atoms with van der Waals surface area (Å²) in [6.07, 6.45) is 3.65. The van der Waals surface area contributed by atoms with E-state index in [1.54, 1.807) is 17.5 Å². The average Bonchev–Trinajstić information content (AvgIpc) is 2.90. The number of aromatic nitrogens is 3. The van der Waals surface area contributed by atoms with Gasteiger partial charge in [-0.15, -0.1) is 11.3 Å². The Bertz CT molecular complexity index is 636. The number of thiazole rings is 1.